The highest BCUT2D eigenvalue weighted by molar-refractivity contribution is 7.80. The Bertz CT molecular complexity index is 1230. The van der Waals surface area contributed by atoms with Crippen molar-refractivity contribution in [3.8, 4) is 5.75 Å². The molecule has 4 rings (SSSR count). The number of carbonyl (C=O) groups is 2. The molecular formula is C24H20N2O3S. The Kier molecular flexibility index (Phi) is 5.10. The van der Waals surface area contributed by atoms with Gasteiger partial charge in [-0.2, -0.15) is 0 Å². The Morgan fingerprint density at radius 1 is 0.967 bits per heavy atom. The summed E-state index contributed by atoms with van der Waals surface area (Å²) in [5.74, 6) is -0.232. The molecule has 1 N–H and O–H groups in total. The van der Waals surface area contributed by atoms with Gasteiger partial charge in [0.25, 0.3) is 11.8 Å². The van der Waals surface area contributed by atoms with Gasteiger partial charge in [-0.15, -0.1) is 0 Å². The minimum atomic E-state index is -0.509. The summed E-state index contributed by atoms with van der Waals surface area (Å²) in [6, 6.07) is 17.1. The van der Waals surface area contributed by atoms with E-state index in [0.717, 1.165) is 33.2 Å². The molecule has 1 aliphatic heterocycles. The summed E-state index contributed by atoms with van der Waals surface area (Å²) in [7, 11) is 1.61. The minimum Gasteiger partial charge on any atom is -0.496 e. The molecule has 0 aliphatic carbocycles. The molecule has 1 heterocycles. The van der Waals surface area contributed by atoms with Crippen molar-refractivity contribution in [3.05, 3.63) is 76.9 Å². The summed E-state index contributed by atoms with van der Waals surface area (Å²) < 4.78 is 5.43. The highest BCUT2D eigenvalue weighted by Crippen LogP contribution is 2.31. The standard InChI is InChI=1S/C24H20N2O3S/c1-14-10-15(2)12-17(11-14)26-23(28)20(22(27)25-24(26)30)13-16-8-9-21(29-3)19-7-5-4-6-18(16)19/h4-13H,1-3H3,(H,25,27,30)/b20-13+. The number of benzene rings is 3. The average Bonchev–Trinajstić information content (AvgIpc) is 2.70. The molecular weight excluding hydrogens is 396 g/mol. The normalized spacial score (nSPS) is 15.6. The fourth-order valence-corrected chi connectivity index (χ4v) is 4.01. The summed E-state index contributed by atoms with van der Waals surface area (Å²) in [6.45, 7) is 3.90. The van der Waals surface area contributed by atoms with Gasteiger partial charge in [-0.25, -0.2) is 0 Å². The van der Waals surface area contributed by atoms with Crippen molar-refractivity contribution in [2.45, 2.75) is 13.8 Å². The lowest BCUT2D eigenvalue weighted by molar-refractivity contribution is -0.122. The molecule has 150 valence electrons. The first-order valence-electron chi connectivity index (χ1n) is 9.44. The van der Waals surface area contributed by atoms with Gasteiger partial charge in [0, 0.05) is 5.39 Å². The molecule has 5 nitrogen and oxygen atoms in total. The van der Waals surface area contributed by atoms with Crippen LogP contribution in [0.5, 0.6) is 5.75 Å². The smallest absolute Gasteiger partial charge is 0.270 e. The van der Waals surface area contributed by atoms with E-state index in [0.29, 0.717) is 5.69 Å². The molecule has 2 amide bonds. The lowest BCUT2D eigenvalue weighted by Crippen LogP contribution is -2.54. The quantitative estimate of drug-likeness (QED) is 0.393. The van der Waals surface area contributed by atoms with Gasteiger partial charge in [-0.05, 0) is 72.4 Å². The predicted molar refractivity (Wildman–Crippen MR) is 123 cm³/mol. The molecule has 1 aliphatic rings. The van der Waals surface area contributed by atoms with Gasteiger partial charge in [-0.3, -0.25) is 19.8 Å². The van der Waals surface area contributed by atoms with Crippen molar-refractivity contribution in [2.24, 2.45) is 0 Å². The van der Waals surface area contributed by atoms with Crippen molar-refractivity contribution in [2.75, 3.05) is 12.0 Å². The van der Waals surface area contributed by atoms with Crippen LogP contribution in [0, 0.1) is 13.8 Å². The first-order chi connectivity index (χ1) is 14.4. The monoisotopic (exact) mass is 416 g/mol. The van der Waals surface area contributed by atoms with Crippen LogP contribution in [0.2, 0.25) is 0 Å². The minimum absolute atomic E-state index is 0.0260. The van der Waals surface area contributed by atoms with Crippen molar-refractivity contribution < 1.29 is 14.3 Å². The topological polar surface area (TPSA) is 58.6 Å². The van der Waals surface area contributed by atoms with Crippen LogP contribution in [0.4, 0.5) is 5.69 Å². The maximum atomic E-state index is 13.3. The van der Waals surface area contributed by atoms with Crippen LogP contribution in [-0.4, -0.2) is 24.0 Å². The zero-order valence-electron chi connectivity index (χ0n) is 16.9. The number of hydrogen-bond donors (Lipinski definition) is 1. The maximum absolute atomic E-state index is 13.3. The van der Waals surface area contributed by atoms with Gasteiger partial charge in [-0.1, -0.05) is 36.4 Å². The van der Waals surface area contributed by atoms with Crippen molar-refractivity contribution in [3.63, 3.8) is 0 Å². The third kappa shape index (κ3) is 3.46. The zero-order valence-corrected chi connectivity index (χ0v) is 17.7. The number of methoxy groups -OCH3 is 1. The van der Waals surface area contributed by atoms with Gasteiger partial charge in [0.1, 0.15) is 11.3 Å². The van der Waals surface area contributed by atoms with Crippen molar-refractivity contribution in [1.29, 1.82) is 0 Å². The summed E-state index contributed by atoms with van der Waals surface area (Å²) in [4.78, 5) is 27.3. The number of rotatable bonds is 3. The number of hydrogen-bond acceptors (Lipinski definition) is 4. The molecule has 3 aromatic carbocycles. The SMILES string of the molecule is COc1ccc(/C=C2\C(=O)NC(=S)N(c3cc(C)cc(C)c3)C2=O)c2ccccc12. The molecule has 0 spiro atoms. The van der Waals surface area contributed by atoms with Gasteiger partial charge >= 0.3 is 0 Å². The second-order valence-corrected chi connectivity index (χ2v) is 7.59. The third-order valence-electron chi connectivity index (χ3n) is 5.00. The Hall–Kier alpha value is -3.51. The Morgan fingerprint density at radius 3 is 2.30 bits per heavy atom. The second-order valence-electron chi connectivity index (χ2n) is 7.21. The summed E-state index contributed by atoms with van der Waals surface area (Å²) in [5.41, 5.74) is 3.41. The van der Waals surface area contributed by atoms with Crippen LogP contribution in [0.25, 0.3) is 16.8 Å². The number of anilines is 1. The second kappa shape index (κ2) is 7.72. The number of ether oxygens (including phenoxy) is 1. The summed E-state index contributed by atoms with van der Waals surface area (Å²) >= 11 is 5.31. The highest BCUT2D eigenvalue weighted by atomic mass is 32.1. The molecule has 0 bridgehead atoms. The average molecular weight is 417 g/mol. The zero-order chi connectivity index (χ0) is 21.4. The first-order valence-corrected chi connectivity index (χ1v) is 9.85. The van der Waals surface area contributed by atoms with Crippen LogP contribution in [-0.2, 0) is 9.59 Å². The highest BCUT2D eigenvalue weighted by Gasteiger charge is 2.34. The Labute approximate surface area is 179 Å². The molecule has 3 aromatic rings. The van der Waals surface area contributed by atoms with Gasteiger partial charge in [0.05, 0.1) is 12.8 Å². The number of amides is 2. The lowest BCUT2D eigenvalue weighted by atomic mass is 10.00. The molecule has 0 atom stereocenters. The van der Waals surface area contributed by atoms with E-state index < -0.39 is 11.8 Å². The first kappa shape index (κ1) is 19.8. The van der Waals surface area contributed by atoms with E-state index in [2.05, 4.69) is 5.32 Å². The molecule has 0 radical (unpaired) electrons. The summed E-state index contributed by atoms with van der Waals surface area (Å²) in [6.07, 6.45) is 1.61. The number of fused-ring (bicyclic) bond motifs is 1. The fraction of sp³-hybridized carbons (Fsp3) is 0.125. The lowest BCUT2D eigenvalue weighted by Gasteiger charge is -2.29. The van der Waals surface area contributed by atoms with Crippen molar-refractivity contribution >= 4 is 51.7 Å². The van der Waals surface area contributed by atoms with Crippen LogP contribution in [0.3, 0.4) is 0 Å². The van der Waals surface area contributed by atoms with E-state index in [1.54, 1.807) is 13.2 Å². The van der Waals surface area contributed by atoms with Gasteiger partial charge < -0.3 is 4.74 Å². The third-order valence-corrected chi connectivity index (χ3v) is 5.29. The van der Waals surface area contributed by atoms with Gasteiger partial charge in [0.2, 0.25) is 0 Å². The maximum Gasteiger partial charge on any atom is 0.270 e. The number of carbonyl (C=O) groups excluding carboxylic acids is 2. The number of nitrogens with one attached hydrogen (secondary N) is 1. The van der Waals surface area contributed by atoms with E-state index >= 15 is 0 Å². The predicted octanol–water partition coefficient (Wildman–Crippen LogP) is 4.30. The van der Waals surface area contributed by atoms with Crippen LogP contribution in [0.1, 0.15) is 16.7 Å². The van der Waals surface area contributed by atoms with Crippen molar-refractivity contribution in [1.82, 2.24) is 5.32 Å². The van der Waals surface area contributed by atoms with E-state index in [4.69, 9.17) is 17.0 Å². The largest absolute Gasteiger partial charge is 0.496 e. The van der Waals surface area contributed by atoms with E-state index in [1.165, 1.54) is 4.90 Å². The molecule has 0 unspecified atom stereocenters. The molecule has 6 heteroatoms. The Morgan fingerprint density at radius 2 is 1.63 bits per heavy atom. The number of nitrogens with zero attached hydrogens (tertiary/aromatic N) is 1. The van der Waals surface area contributed by atoms with Crippen LogP contribution < -0.4 is 15.0 Å². The summed E-state index contributed by atoms with van der Waals surface area (Å²) in [5, 5.41) is 4.51. The molecule has 30 heavy (non-hydrogen) atoms. The molecule has 1 fully saturated rings. The molecule has 1 saturated heterocycles. The van der Waals surface area contributed by atoms with Crippen LogP contribution in [0.15, 0.2) is 60.2 Å². The Balaban J connectivity index is 1.83. The molecule has 0 aromatic heterocycles. The van der Waals surface area contributed by atoms with E-state index in [-0.39, 0.29) is 10.7 Å². The fourth-order valence-electron chi connectivity index (χ4n) is 3.73. The molecule has 0 saturated carbocycles. The van der Waals surface area contributed by atoms with E-state index in [1.807, 2.05) is 68.4 Å². The number of thiocarbonyl (C=S) groups is 1. The van der Waals surface area contributed by atoms with E-state index in [9.17, 15) is 9.59 Å². The number of aryl methyl sites for hydroxylation is 2. The van der Waals surface area contributed by atoms with Crippen LogP contribution >= 0.6 is 12.2 Å². The van der Waals surface area contributed by atoms with Gasteiger partial charge in [0.15, 0.2) is 5.11 Å².